The average Bonchev–Trinajstić information content (AvgIpc) is 2.77. The van der Waals surface area contributed by atoms with Crippen molar-refractivity contribution in [2.75, 3.05) is 31.7 Å². The predicted octanol–water partition coefficient (Wildman–Crippen LogP) is 1.16. The molecular weight excluding hydrogens is 228 g/mol. The van der Waals surface area contributed by atoms with E-state index in [-0.39, 0.29) is 0 Å². The van der Waals surface area contributed by atoms with Gasteiger partial charge in [-0.3, -0.25) is 0 Å². The fourth-order valence-electron chi connectivity index (χ4n) is 2.63. The highest BCUT2D eigenvalue weighted by Gasteiger charge is 2.24. The van der Waals surface area contributed by atoms with Crippen LogP contribution in [0.2, 0.25) is 0 Å². The number of hydrogen-bond donors (Lipinski definition) is 1. The summed E-state index contributed by atoms with van der Waals surface area (Å²) in [5, 5.41) is 0. The first kappa shape index (κ1) is 13.4. The van der Waals surface area contributed by atoms with Gasteiger partial charge in [0, 0.05) is 39.0 Å². The molecule has 1 fully saturated rings. The fraction of sp³-hybridized carbons (Fsp3) is 0.769. The molecule has 0 saturated carbocycles. The summed E-state index contributed by atoms with van der Waals surface area (Å²) in [6.45, 7) is 5.36. The van der Waals surface area contributed by atoms with E-state index in [2.05, 4.69) is 20.6 Å². The maximum Gasteiger partial charge on any atom is 0.206 e. The van der Waals surface area contributed by atoms with Crippen LogP contribution < -0.4 is 10.6 Å². The van der Waals surface area contributed by atoms with Crippen molar-refractivity contribution in [1.82, 2.24) is 9.55 Å². The van der Waals surface area contributed by atoms with Crippen molar-refractivity contribution < 1.29 is 4.74 Å². The fourth-order valence-corrected chi connectivity index (χ4v) is 2.63. The SMILES string of the molecule is COCCn1cc(C)nc1N1CCCCC1CN. The number of piperidine rings is 1. The number of ether oxygens (including phenoxy) is 1. The minimum Gasteiger partial charge on any atom is -0.383 e. The number of anilines is 1. The van der Waals surface area contributed by atoms with Gasteiger partial charge in [0.2, 0.25) is 5.95 Å². The van der Waals surface area contributed by atoms with Crippen LogP contribution >= 0.6 is 0 Å². The van der Waals surface area contributed by atoms with Crippen molar-refractivity contribution in [3.63, 3.8) is 0 Å². The van der Waals surface area contributed by atoms with Crippen LogP contribution in [-0.4, -0.2) is 42.4 Å². The molecule has 1 saturated heterocycles. The van der Waals surface area contributed by atoms with Crippen LogP contribution in [0.4, 0.5) is 5.95 Å². The van der Waals surface area contributed by atoms with Crippen LogP contribution in [-0.2, 0) is 11.3 Å². The van der Waals surface area contributed by atoms with Crippen molar-refractivity contribution in [3.8, 4) is 0 Å². The molecular formula is C13H24N4O. The van der Waals surface area contributed by atoms with Crippen LogP contribution in [0, 0.1) is 6.92 Å². The zero-order valence-corrected chi connectivity index (χ0v) is 11.4. The lowest BCUT2D eigenvalue weighted by atomic mass is 10.0. The number of hydrogen-bond acceptors (Lipinski definition) is 4. The monoisotopic (exact) mass is 252 g/mol. The molecule has 0 amide bonds. The van der Waals surface area contributed by atoms with Gasteiger partial charge >= 0.3 is 0 Å². The maximum atomic E-state index is 5.88. The van der Waals surface area contributed by atoms with E-state index >= 15 is 0 Å². The summed E-state index contributed by atoms with van der Waals surface area (Å²) in [4.78, 5) is 7.03. The van der Waals surface area contributed by atoms with Crippen molar-refractivity contribution in [3.05, 3.63) is 11.9 Å². The Bertz CT molecular complexity index is 377. The van der Waals surface area contributed by atoms with E-state index in [9.17, 15) is 0 Å². The Morgan fingerprint density at radius 1 is 1.50 bits per heavy atom. The first-order valence-electron chi connectivity index (χ1n) is 6.75. The maximum absolute atomic E-state index is 5.88. The second-order valence-corrected chi connectivity index (χ2v) is 4.95. The molecule has 5 nitrogen and oxygen atoms in total. The molecule has 0 aromatic carbocycles. The normalized spacial score (nSPS) is 20.4. The van der Waals surface area contributed by atoms with Gasteiger partial charge in [0.05, 0.1) is 12.3 Å². The van der Waals surface area contributed by atoms with Crippen molar-refractivity contribution in [1.29, 1.82) is 0 Å². The predicted molar refractivity (Wildman–Crippen MR) is 72.9 cm³/mol. The molecule has 0 bridgehead atoms. The molecule has 1 atom stereocenters. The van der Waals surface area contributed by atoms with E-state index in [4.69, 9.17) is 10.5 Å². The third-order valence-corrected chi connectivity index (χ3v) is 3.57. The zero-order valence-electron chi connectivity index (χ0n) is 11.4. The second kappa shape index (κ2) is 6.20. The van der Waals surface area contributed by atoms with Gasteiger partial charge in [0.1, 0.15) is 0 Å². The molecule has 5 heteroatoms. The highest BCUT2D eigenvalue weighted by atomic mass is 16.5. The van der Waals surface area contributed by atoms with Crippen molar-refractivity contribution >= 4 is 5.95 Å². The number of nitrogens with two attached hydrogens (primary N) is 1. The van der Waals surface area contributed by atoms with Gasteiger partial charge < -0.3 is 19.9 Å². The lowest BCUT2D eigenvalue weighted by Crippen LogP contribution is -2.45. The van der Waals surface area contributed by atoms with Crippen LogP contribution in [0.5, 0.6) is 0 Å². The number of rotatable bonds is 5. The summed E-state index contributed by atoms with van der Waals surface area (Å²) in [5.41, 5.74) is 6.94. The van der Waals surface area contributed by atoms with Crippen LogP contribution in [0.1, 0.15) is 25.0 Å². The van der Waals surface area contributed by atoms with Gasteiger partial charge in [-0.25, -0.2) is 4.98 Å². The van der Waals surface area contributed by atoms with Crippen LogP contribution in [0.25, 0.3) is 0 Å². The first-order chi connectivity index (χ1) is 8.76. The Morgan fingerprint density at radius 3 is 3.06 bits per heavy atom. The van der Waals surface area contributed by atoms with E-state index in [0.29, 0.717) is 19.2 Å². The topological polar surface area (TPSA) is 56.3 Å². The highest BCUT2D eigenvalue weighted by Crippen LogP contribution is 2.23. The molecule has 2 heterocycles. The lowest BCUT2D eigenvalue weighted by molar-refractivity contribution is 0.187. The number of nitrogens with zero attached hydrogens (tertiary/aromatic N) is 3. The number of methoxy groups -OCH3 is 1. The number of aryl methyl sites for hydroxylation is 1. The molecule has 2 rings (SSSR count). The molecule has 0 spiro atoms. The molecule has 1 unspecified atom stereocenters. The second-order valence-electron chi connectivity index (χ2n) is 4.95. The Labute approximate surface area is 109 Å². The van der Waals surface area contributed by atoms with Gasteiger partial charge in [0.25, 0.3) is 0 Å². The molecule has 1 aliphatic rings. The molecule has 1 aromatic rings. The molecule has 18 heavy (non-hydrogen) atoms. The summed E-state index contributed by atoms with van der Waals surface area (Å²) < 4.78 is 7.35. The van der Waals surface area contributed by atoms with E-state index in [1.54, 1.807) is 7.11 Å². The average molecular weight is 252 g/mol. The summed E-state index contributed by atoms with van der Waals surface area (Å²) in [6.07, 6.45) is 5.77. The minimum atomic E-state index is 0.432. The van der Waals surface area contributed by atoms with Gasteiger partial charge in [-0.15, -0.1) is 0 Å². The number of imidazole rings is 1. The highest BCUT2D eigenvalue weighted by molar-refractivity contribution is 5.36. The molecule has 0 radical (unpaired) electrons. The molecule has 2 N–H and O–H groups in total. The van der Waals surface area contributed by atoms with E-state index in [1.165, 1.54) is 19.3 Å². The summed E-state index contributed by atoms with van der Waals surface area (Å²) in [7, 11) is 1.73. The Morgan fingerprint density at radius 2 is 2.33 bits per heavy atom. The first-order valence-corrected chi connectivity index (χ1v) is 6.75. The summed E-state index contributed by atoms with van der Waals surface area (Å²) in [5.74, 6) is 1.06. The van der Waals surface area contributed by atoms with E-state index in [1.807, 2.05) is 6.92 Å². The van der Waals surface area contributed by atoms with Gasteiger partial charge in [-0.05, 0) is 26.2 Å². The zero-order chi connectivity index (χ0) is 13.0. The van der Waals surface area contributed by atoms with Crippen molar-refractivity contribution in [2.24, 2.45) is 5.73 Å². The Kier molecular flexibility index (Phi) is 4.60. The molecule has 1 aliphatic heterocycles. The van der Waals surface area contributed by atoms with Crippen molar-refractivity contribution in [2.45, 2.75) is 38.8 Å². The third-order valence-electron chi connectivity index (χ3n) is 3.57. The largest absolute Gasteiger partial charge is 0.383 e. The van der Waals surface area contributed by atoms with Gasteiger partial charge in [-0.2, -0.15) is 0 Å². The molecule has 0 aliphatic carbocycles. The smallest absolute Gasteiger partial charge is 0.206 e. The van der Waals surface area contributed by atoms with Gasteiger partial charge in [-0.1, -0.05) is 0 Å². The molecule has 102 valence electrons. The minimum absolute atomic E-state index is 0.432. The summed E-state index contributed by atoms with van der Waals surface area (Å²) in [6, 6.07) is 0.432. The third kappa shape index (κ3) is 2.84. The Balaban J connectivity index is 2.19. The van der Waals surface area contributed by atoms with Gasteiger partial charge in [0.15, 0.2) is 0 Å². The van der Waals surface area contributed by atoms with Crippen LogP contribution in [0.15, 0.2) is 6.20 Å². The Hall–Kier alpha value is -1.07. The van der Waals surface area contributed by atoms with E-state index in [0.717, 1.165) is 24.7 Å². The van der Waals surface area contributed by atoms with E-state index < -0.39 is 0 Å². The quantitative estimate of drug-likeness (QED) is 0.854. The lowest BCUT2D eigenvalue weighted by Gasteiger charge is -2.36. The summed E-state index contributed by atoms with van der Waals surface area (Å²) >= 11 is 0. The van der Waals surface area contributed by atoms with Crippen LogP contribution in [0.3, 0.4) is 0 Å². The molecule has 1 aromatic heterocycles. The number of aromatic nitrogens is 2. The standard InChI is InChI=1S/C13H24N4O/c1-11-10-16(7-8-18-2)13(15-11)17-6-4-3-5-12(17)9-14/h10,12H,3-9,14H2,1-2H3.